The van der Waals surface area contributed by atoms with Crippen LogP contribution in [0.25, 0.3) is 6.08 Å². The summed E-state index contributed by atoms with van der Waals surface area (Å²) in [6, 6.07) is 26.4. The molecular weight excluding hydrogens is 472 g/mol. The number of hydrogen-bond donors (Lipinski definition) is 0. The summed E-state index contributed by atoms with van der Waals surface area (Å²) in [6.07, 6.45) is 1.82. The number of thiazole rings is 1. The number of carbonyl (C=O) groups excluding carboxylic acids is 1. The Morgan fingerprint density at radius 1 is 1.00 bits per heavy atom. The monoisotopic (exact) mass is 496 g/mol. The molecule has 1 atom stereocenters. The van der Waals surface area contributed by atoms with Gasteiger partial charge in [0.2, 0.25) is 0 Å². The number of allylic oxidation sites excluding steroid dienone is 1. The first-order chi connectivity index (χ1) is 17.6. The molecule has 0 aliphatic carbocycles. The maximum atomic E-state index is 13.7. The fourth-order valence-corrected chi connectivity index (χ4v) is 5.29. The minimum absolute atomic E-state index is 0.223. The maximum Gasteiger partial charge on any atom is 0.338 e. The highest BCUT2D eigenvalue weighted by atomic mass is 32.1. The van der Waals surface area contributed by atoms with Crippen LogP contribution in [0.15, 0.2) is 106 Å². The summed E-state index contributed by atoms with van der Waals surface area (Å²) < 4.78 is 13.2. The van der Waals surface area contributed by atoms with Crippen molar-refractivity contribution in [3.63, 3.8) is 0 Å². The Kier molecular flexibility index (Phi) is 6.64. The molecule has 0 radical (unpaired) electrons. The molecule has 2 heterocycles. The molecule has 0 bridgehead atoms. The average Bonchev–Trinajstić information content (AvgIpc) is 3.22. The summed E-state index contributed by atoms with van der Waals surface area (Å²) in [7, 11) is 1.34. The zero-order valence-corrected chi connectivity index (χ0v) is 20.7. The van der Waals surface area contributed by atoms with Crippen molar-refractivity contribution in [1.29, 1.82) is 0 Å². The first-order valence-corrected chi connectivity index (χ1v) is 12.3. The topological polar surface area (TPSA) is 69.9 Å². The first kappa shape index (κ1) is 23.5. The summed E-state index contributed by atoms with van der Waals surface area (Å²) in [5.74, 6) is 0.178. The van der Waals surface area contributed by atoms with E-state index in [1.165, 1.54) is 18.4 Å². The third kappa shape index (κ3) is 4.53. The van der Waals surface area contributed by atoms with Crippen LogP contribution in [0.5, 0.6) is 5.75 Å². The number of benzene rings is 3. The van der Waals surface area contributed by atoms with Crippen molar-refractivity contribution in [2.75, 3.05) is 7.11 Å². The van der Waals surface area contributed by atoms with Crippen LogP contribution in [0.3, 0.4) is 0 Å². The summed E-state index contributed by atoms with van der Waals surface area (Å²) in [5, 5.41) is 0. The minimum atomic E-state index is -0.623. The van der Waals surface area contributed by atoms with E-state index in [9.17, 15) is 9.59 Å². The number of nitrogens with zero attached hydrogens (tertiary/aromatic N) is 2. The maximum absolute atomic E-state index is 13.7. The first-order valence-electron chi connectivity index (χ1n) is 11.5. The molecule has 3 aromatic carbocycles. The van der Waals surface area contributed by atoms with Gasteiger partial charge < -0.3 is 9.47 Å². The summed E-state index contributed by atoms with van der Waals surface area (Å²) >= 11 is 1.29. The van der Waals surface area contributed by atoms with Gasteiger partial charge in [-0.25, -0.2) is 9.79 Å². The van der Waals surface area contributed by atoms with Gasteiger partial charge in [-0.2, -0.15) is 0 Å². The molecule has 1 aliphatic rings. The van der Waals surface area contributed by atoms with E-state index in [4.69, 9.17) is 9.47 Å². The molecule has 6 nitrogen and oxygen atoms in total. The van der Waals surface area contributed by atoms with Crippen molar-refractivity contribution < 1.29 is 14.3 Å². The van der Waals surface area contributed by atoms with Gasteiger partial charge in [0.1, 0.15) is 12.4 Å². The lowest BCUT2D eigenvalue weighted by Gasteiger charge is -2.24. The smallest absolute Gasteiger partial charge is 0.338 e. The Bertz CT molecular complexity index is 1620. The van der Waals surface area contributed by atoms with E-state index in [0.29, 0.717) is 33.0 Å². The third-order valence-corrected chi connectivity index (χ3v) is 6.97. The number of rotatable bonds is 6. The van der Waals surface area contributed by atoms with E-state index in [1.54, 1.807) is 11.5 Å². The van der Waals surface area contributed by atoms with Crippen molar-refractivity contribution in [2.45, 2.75) is 19.6 Å². The van der Waals surface area contributed by atoms with E-state index in [2.05, 4.69) is 4.99 Å². The molecule has 1 aliphatic heterocycles. The van der Waals surface area contributed by atoms with Crippen LogP contribution >= 0.6 is 11.3 Å². The molecule has 5 rings (SSSR count). The summed E-state index contributed by atoms with van der Waals surface area (Å²) in [4.78, 5) is 31.6. The molecule has 7 heteroatoms. The molecule has 0 saturated carbocycles. The number of ether oxygens (including phenoxy) is 2. The number of fused-ring (bicyclic) bond motifs is 1. The number of aromatic nitrogens is 1. The molecule has 180 valence electrons. The van der Waals surface area contributed by atoms with Crippen LogP contribution < -0.4 is 19.6 Å². The van der Waals surface area contributed by atoms with Crippen LogP contribution in [-0.4, -0.2) is 17.6 Å². The highest BCUT2D eigenvalue weighted by Gasteiger charge is 2.32. The molecule has 0 spiro atoms. The Balaban J connectivity index is 1.61. The predicted octanol–water partition coefficient (Wildman–Crippen LogP) is 3.99. The fourth-order valence-electron chi connectivity index (χ4n) is 4.25. The van der Waals surface area contributed by atoms with Gasteiger partial charge in [0, 0.05) is 5.56 Å². The number of hydrogen-bond acceptors (Lipinski definition) is 6. The number of methoxy groups -OCH3 is 1. The minimum Gasteiger partial charge on any atom is -0.488 e. The Labute approximate surface area is 212 Å². The molecule has 0 fully saturated rings. The fraction of sp³-hybridized carbons (Fsp3) is 0.138. The lowest BCUT2D eigenvalue weighted by Crippen LogP contribution is -2.39. The largest absolute Gasteiger partial charge is 0.488 e. The molecule has 0 amide bonds. The quantitative estimate of drug-likeness (QED) is 0.379. The normalized spacial score (nSPS) is 15.3. The molecule has 1 unspecified atom stereocenters. The number of carbonyl (C=O) groups is 1. The van der Waals surface area contributed by atoms with Gasteiger partial charge in [-0.15, -0.1) is 0 Å². The molecule has 1 aromatic heterocycles. The molecule has 36 heavy (non-hydrogen) atoms. The van der Waals surface area contributed by atoms with Crippen molar-refractivity contribution in [2.24, 2.45) is 4.99 Å². The van der Waals surface area contributed by atoms with Gasteiger partial charge in [0.25, 0.3) is 5.56 Å². The van der Waals surface area contributed by atoms with Crippen LogP contribution in [0.2, 0.25) is 0 Å². The van der Waals surface area contributed by atoms with Crippen molar-refractivity contribution in [3.05, 3.63) is 133 Å². The molecule has 0 N–H and O–H groups in total. The van der Waals surface area contributed by atoms with Gasteiger partial charge in [-0.1, -0.05) is 90.2 Å². The average molecular weight is 497 g/mol. The second-order valence-corrected chi connectivity index (χ2v) is 9.31. The van der Waals surface area contributed by atoms with E-state index < -0.39 is 12.0 Å². The number of para-hydroxylation sites is 1. The highest BCUT2D eigenvalue weighted by Crippen LogP contribution is 2.30. The second kappa shape index (κ2) is 10.2. The van der Waals surface area contributed by atoms with Crippen LogP contribution in [0.1, 0.15) is 29.7 Å². The standard InChI is InChI=1S/C29H24N2O4S/c1-19-25(28(33)34-2)26(21-13-7-4-8-14-21)31-27(32)24(36-29(31)30-19)17-22-15-9-10-16-23(22)35-18-20-11-5-3-6-12-20/h3-17,26H,18H2,1-2H3. The van der Waals surface area contributed by atoms with Crippen molar-refractivity contribution in [3.8, 4) is 5.75 Å². The van der Waals surface area contributed by atoms with Gasteiger partial charge in [-0.3, -0.25) is 9.36 Å². The Morgan fingerprint density at radius 3 is 2.39 bits per heavy atom. The zero-order valence-electron chi connectivity index (χ0n) is 19.9. The lowest BCUT2D eigenvalue weighted by molar-refractivity contribution is -0.136. The van der Waals surface area contributed by atoms with Gasteiger partial charge in [-0.05, 0) is 30.2 Å². The molecule has 0 saturated heterocycles. The van der Waals surface area contributed by atoms with Gasteiger partial charge in [0.05, 0.1) is 29.0 Å². The van der Waals surface area contributed by atoms with Crippen molar-refractivity contribution in [1.82, 2.24) is 4.57 Å². The second-order valence-electron chi connectivity index (χ2n) is 8.30. The highest BCUT2D eigenvalue weighted by molar-refractivity contribution is 7.07. The Hall–Kier alpha value is -4.23. The van der Waals surface area contributed by atoms with E-state index in [0.717, 1.165) is 16.7 Å². The van der Waals surface area contributed by atoms with Gasteiger partial charge >= 0.3 is 5.97 Å². The third-order valence-electron chi connectivity index (χ3n) is 5.99. The van der Waals surface area contributed by atoms with E-state index in [-0.39, 0.29) is 5.56 Å². The molecule has 4 aromatic rings. The van der Waals surface area contributed by atoms with E-state index in [1.807, 2.05) is 91.0 Å². The van der Waals surface area contributed by atoms with Crippen molar-refractivity contribution >= 4 is 23.4 Å². The predicted molar refractivity (Wildman–Crippen MR) is 139 cm³/mol. The molecular formula is C29H24N2O4S. The zero-order chi connectivity index (χ0) is 25.1. The lowest BCUT2D eigenvalue weighted by atomic mass is 9.96. The van der Waals surface area contributed by atoms with E-state index >= 15 is 0 Å². The Morgan fingerprint density at radius 2 is 1.67 bits per heavy atom. The van der Waals surface area contributed by atoms with Crippen LogP contribution in [-0.2, 0) is 16.1 Å². The van der Waals surface area contributed by atoms with Crippen LogP contribution in [0, 0.1) is 0 Å². The summed E-state index contributed by atoms with van der Waals surface area (Å²) in [5.41, 5.74) is 3.33. The number of esters is 1. The van der Waals surface area contributed by atoms with Gasteiger partial charge in [0.15, 0.2) is 4.80 Å². The SMILES string of the molecule is COC(=O)C1=C(C)N=c2sc(=Cc3ccccc3OCc3ccccc3)c(=O)n2C1c1ccccc1. The summed E-state index contributed by atoms with van der Waals surface area (Å²) in [6.45, 7) is 2.19. The van der Waals surface area contributed by atoms with Crippen LogP contribution in [0.4, 0.5) is 0 Å².